The third-order valence-electron chi connectivity index (χ3n) is 1.77. The van der Waals surface area contributed by atoms with Gasteiger partial charge >= 0.3 is 0 Å². The standard InChI is InChI=1S/C10H12N2O3/c11-10(13)6-8(12-14)7-15-9-4-2-1-3-5-9/h1-5,8H,6-7H2,(H2,11,13). The SMILES string of the molecule is NC(=O)CC(COc1ccccc1)N=O. The van der Waals surface area contributed by atoms with E-state index in [-0.39, 0.29) is 13.0 Å². The molecule has 0 saturated carbocycles. The summed E-state index contributed by atoms with van der Waals surface area (Å²) in [7, 11) is 0. The highest BCUT2D eigenvalue weighted by atomic mass is 16.5. The number of rotatable bonds is 6. The van der Waals surface area contributed by atoms with Gasteiger partial charge < -0.3 is 10.5 Å². The van der Waals surface area contributed by atoms with E-state index < -0.39 is 11.9 Å². The predicted molar refractivity (Wildman–Crippen MR) is 55.3 cm³/mol. The average molecular weight is 208 g/mol. The van der Waals surface area contributed by atoms with Crippen molar-refractivity contribution in [3.63, 3.8) is 0 Å². The number of nitrogens with two attached hydrogens (primary N) is 1. The number of primary amides is 1. The van der Waals surface area contributed by atoms with Gasteiger partial charge in [0.25, 0.3) is 0 Å². The van der Waals surface area contributed by atoms with Crippen LogP contribution in [-0.2, 0) is 4.79 Å². The molecule has 5 nitrogen and oxygen atoms in total. The van der Waals surface area contributed by atoms with Crippen LogP contribution < -0.4 is 10.5 Å². The van der Waals surface area contributed by atoms with Crippen molar-refractivity contribution in [1.29, 1.82) is 0 Å². The predicted octanol–water partition coefficient (Wildman–Crippen LogP) is 1.08. The van der Waals surface area contributed by atoms with Gasteiger partial charge in [0.05, 0.1) is 6.42 Å². The summed E-state index contributed by atoms with van der Waals surface area (Å²) in [6.45, 7) is 0.0659. The smallest absolute Gasteiger partial charge is 0.219 e. The van der Waals surface area contributed by atoms with Gasteiger partial charge in [0.2, 0.25) is 5.91 Å². The summed E-state index contributed by atoms with van der Waals surface area (Å²) in [5.74, 6) is 0.0758. The monoisotopic (exact) mass is 208 g/mol. The zero-order chi connectivity index (χ0) is 11.1. The molecule has 1 amide bonds. The molecule has 1 rings (SSSR count). The Morgan fingerprint density at radius 1 is 1.40 bits per heavy atom. The van der Waals surface area contributed by atoms with Crippen LogP contribution in [0, 0.1) is 4.91 Å². The van der Waals surface area contributed by atoms with Gasteiger partial charge in [-0.3, -0.25) is 4.79 Å². The van der Waals surface area contributed by atoms with Crippen molar-refractivity contribution in [1.82, 2.24) is 0 Å². The molecule has 0 aliphatic heterocycles. The van der Waals surface area contributed by atoms with E-state index in [1.807, 2.05) is 18.2 Å². The second kappa shape index (κ2) is 5.74. The van der Waals surface area contributed by atoms with Crippen LogP contribution in [-0.4, -0.2) is 18.6 Å². The van der Waals surface area contributed by atoms with Crippen molar-refractivity contribution in [2.75, 3.05) is 6.61 Å². The molecule has 0 fully saturated rings. The Kier molecular flexibility index (Phi) is 4.28. The largest absolute Gasteiger partial charge is 0.491 e. The van der Waals surface area contributed by atoms with Gasteiger partial charge in [-0.1, -0.05) is 23.4 Å². The Morgan fingerprint density at radius 2 is 2.07 bits per heavy atom. The first-order valence-corrected chi connectivity index (χ1v) is 4.51. The van der Waals surface area contributed by atoms with Gasteiger partial charge in [-0.05, 0) is 12.1 Å². The number of hydrogen-bond acceptors (Lipinski definition) is 4. The Hall–Kier alpha value is -1.91. The maximum atomic E-state index is 10.5. The van der Waals surface area contributed by atoms with E-state index in [0.29, 0.717) is 5.75 Å². The molecule has 0 aromatic heterocycles. The maximum Gasteiger partial charge on any atom is 0.219 e. The normalized spacial score (nSPS) is 11.7. The fraction of sp³-hybridized carbons (Fsp3) is 0.300. The highest BCUT2D eigenvalue weighted by Gasteiger charge is 2.12. The molecule has 0 heterocycles. The topological polar surface area (TPSA) is 81.8 Å². The van der Waals surface area contributed by atoms with Gasteiger partial charge in [0.15, 0.2) is 0 Å². The Morgan fingerprint density at radius 3 is 2.60 bits per heavy atom. The minimum atomic E-state index is -0.720. The summed E-state index contributed by atoms with van der Waals surface area (Å²) in [6.07, 6.45) is -0.0870. The molecule has 2 N–H and O–H groups in total. The summed E-state index contributed by atoms with van der Waals surface area (Å²) in [6, 6.07) is 8.27. The van der Waals surface area contributed by atoms with Crippen molar-refractivity contribution in [3.8, 4) is 5.75 Å². The zero-order valence-electron chi connectivity index (χ0n) is 8.13. The van der Waals surface area contributed by atoms with Gasteiger partial charge in [0.1, 0.15) is 18.4 Å². The third kappa shape index (κ3) is 4.21. The molecule has 0 radical (unpaired) electrons. The molecular weight excluding hydrogens is 196 g/mol. The van der Waals surface area contributed by atoms with E-state index in [2.05, 4.69) is 5.18 Å². The van der Waals surface area contributed by atoms with Crippen molar-refractivity contribution in [2.24, 2.45) is 10.9 Å². The molecule has 0 saturated heterocycles. The number of amides is 1. The molecular formula is C10H12N2O3. The maximum absolute atomic E-state index is 10.5. The zero-order valence-corrected chi connectivity index (χ0v) is 8.13. The number of carbonyl (C=O) groups is 1. The number of benzene rings is 1. The highest BCUT2D eigenvalue weighted by molar-refractivity contribution is 5.74. The summed E-state index contributed by atoms with van der Waals surface area (Å²) in [5.41, 5.74) is 4.94. The molecule has 0 aliphatic rings. The van der Waals surface area contributed by atoms with Gasteiger partial charge in [0, 0.05) is 0 Å². The fourth-order valence-electron chi connectivity index (χ4n) is 1.07. The quantitative estimate of drug-likeness (QED) is 0.710. The minimum Gasteiger partial charge on any atom is -0.491 e. The van der Waals surface area contributed by atoms with Gasteiger partial charge in [-0.15, -0.1) is 0 Å². The summed E-state index contributed by atoms with van der Waals surface area (Å²) in [5, 5.41) is 2.77. The first-order chi connectivity index (χ1) is 7.22. The number of ether oxygens (including phenoxy) is 1. The first kappa shape index (κ1) is 11.2. The van der Waals surface area contributed by atoms with Crippen LogP contribution in [0.1, 0.15) is 6.42 Å². The molecule has 1 unspecified atom stereocenters. The third-order valence-corrected chi connectivity index (χ3v) is 1.77. The molecule has 1 aromatic carbocycles. The second-order valence-corrected chi connectivity index (χ2v) is 3.05. The summed E-state index contributed by atoms with van der Waals surface area (Å²) >= 11 is 0. The Labute approximate surface area is 87.2 Å². The molecule has 5 heteroatoms. The van der Waals surface area contributed by atoms with Crippen LogP contribution >= 0.6 is 0 Å². The van der Waals surface area contributed by atoms with E-state index in [1.54, 1.807) is 12.1 Å². The lowest BCUT2D eigenvalue weighted by Crippen LogP contribution is -2.23. The number of para-hydroxylation sites is 1. The average Bonchev–Trinajstić information content (AvgIpc) is 2.25. The number of hydrogen-bond donors (Lipinski definition) is 1. The molecule has 80 valence electrons. The Balaban J connectivity index is 2.41. The minimum absolute atomic E-state index is 0.0659. The van der Waals surface area contributed by atoms with E-state index in [0.717, 1.165) is 0 Å². The molecule has 0 bridgehead atoms. The first-order valence-electron chi connectivity index (χ1n) is 4.51. The lowest BCUT2D eigenvalue weighted by molar-refractivity contribution is -0.118. The number of nitroso groups, excluding NO2 is 1. The van der Waals surface area contributed by atoms with Gasteiger partial charge in [-0.2, -0.15) is 4.91 Å². The molecule has 0 spiro atoms. The van der Waals surface area contributed by atoms with E-state index in [4.69, 9.17) is 10.5 Å². The van der Waals surface area contributed by atoms with E-state index in [9.17, 15) is 9.70 Å². The van der Waals surface area contributed by atoms with Crippen molar-refractivity contribution >= 4 is 5.91 Å². The highest BCUT2D eigenvalue weighted by Crippen LogP contribution is 2.09. The van der Waals surface area contributed by atoms with E-state index >= 15 is 0 Å². The van der Waals surface area contributed by atoms with Crippen molar-refractivity contribution in [3.05, 3.63) is 35.2 Å². The lowest BCUT2D eigenvalue weighted by atomic mass is 10.2. The van der Waals surface area contributed by atoms with Crippen molar-refractivity contribution < 1.29 is 9.53 Å². The van der Waals surface area contributed by atoms with Crippen molar-refractivity contribution in [2.45, 2.75) is 12.5 Å². The molecule has 1 atom stereocenters. The van der Waals surface area contributed by atoms with Gasteiger partial charge in [-0.25, -0.2) is 0 Å². The van der Waals surface area contributed by atoms with Crippen LogP contribution in [0.3, 0.4) is 0 Å². The van der Waals surface area contributed by atoms with Crippen LogP contribution in [0.4, 0.5) is 0 Å². The lowest BCUT2D eigenvalue weighted by Gasteiger charge is -2.08. The molecule has 1 aromatic rings. The Bertz CT molecular complexity index is 327. The molecule has 15 heavy (non-hydrogen) atoms. The second-order valence-electron chi connectivity index (χ2n) is 3.05. The number of nitrogens with zero attached hydrogens (tertiary/aromatic N) is 1. The summed E-state index contributed by atoms with van der Waals surface area (Å²) in [4.78, 5) is 20.9. The van der Waals surface area contributed by atoms with Crippen LogP contribution in [0.2, 0.25) is 0 Å². The fourth-order valence-corrected chi connectivity index (χ4v) is 1.07. The van der Waals surface area contributed by atoms with Crippen LogP contribution in [0.25, 0.3) is 0 Å². The van der Waals surface area contributed by atoms with E-state index in [1.165, 1.54) is 0 Å². The molecule has 0 aliphatic carbocycles. The number of carbonyl (C=O) groups excluding carboxylic acids is 1. The van der Waals surface area contributed by atoms with Crippen LogP contribution in [0.5, 0.6) is 5.75 Å². The van der Waals surface area contributed by atoms with Crippen LogP contribution in [0.15, 0.2) is 35.5 Å². The summed E-state index contributed by atoms with van der Waals surface area (Å²) < 4.78 is 5.26.